The fourth-order valence-electron chi connectivity index (χ4n) is 6.89. The molecule has 0 spiro atoms. The Morgan fingerprint density at radius 1 is 0.919 bits per heavy atom. The zero-order valence-electron chi connectivity index (χ0n) is 22.7. The monoisotopic (exact) mass is 513 g/mol. The van der Waals surface area contributed by atoms with E-state index in [1.54, 1.807) is 13.4 Å². The van der Waals surface area contributed by atoms with Crippen molar-refractivity contribution in [3.8, 4) is 0 Å². The van der Waals surface area contributed by atoms with Gasteiger partial charge in [0.05, 0.1) is 45.4 Å². The van der Waals surface area contributed by atoms with Crippen molar-refractivity contribution in [3.63, 3.8) is 0 Å². The zero-order valence-corrected chi connectivity index (χ0v) is 22.7. The Bertz CT molecular complexity index is 811. The van der Waals surface area contributed by atoms with Crippen molar-refractivity contribution in [1.29, 1.82) is 0 Å². The molecule has 1 unspecified atom stereocenters. The minimum Gasteiger partial charge on any atom is -0.505 e. The molecule has 0 radical (unpaired) electrons. The summed E-state index contributed by atoms with van der Waals surface area (Å²) < 4.78 is 30.3. The highest BCUT2D eigenvalue weighted by Gasteiger charge is 2.48. The fraction of sp³-hybridized carbons (Fsp3) is 0.742. The summed E-state index contributed by atoms with van der Waals surface area (Å²) in [6, 6.07) is 9.52. The van der Waals surface area contributed by atoms with Crippen molar-refractivity contribution in [3.05, 3.63) is 47.7 Å². The standard InChI is InChI=1S/C31H47NO5/c1-33-18-7-10-27-28(36-23-24-12-14-26(15-13-24)25-8-3-2-4-9-25)22-29(37-30-11-5-6-19-35-30)31(27)32-16-20-34-21-17-32/h7,12-15,18,25,27-31H,2-6,8-11,16-17,19-23H2,1H3/t27-,28-,29+,30?,31+/m0/s1. The largest absolute Gasteiger partial charge is 0.505 e. The first-order valence-electron chi connectivity index (χ1n) is 14.8. The highest BCUT2D eigenvalue weighted by molar-refractivity contribution is 5.25. The zero-order chi connectivity index (χ0) is 25.3. The van der Waals surface area contributed by atoms with Crippen LogP contribution in [0, 0.1) is 5.92 Å². The molecule has 0 amide bonds. The van der Waals surface area contributed by atoms with E-state index in [1.165, 1.54) is 49.7 Å². The molecule has 2 aliphatic heterocycles. The Kier molecular flexibility index (Phi) is 10.3. The van der Waals surface area contributed by atoms with E-state index in [0.29, 0.717) is 12.5 Å². The van der Waals surface area contributed by atoms with Gasteiger partial charge in [0, 0.05) is 38.1 Å². The van der Waals surface area contributed by atoms with Crippen LogP contribution in [0.3, 0.4) is 0 Å². The molecule has 0 bridgehead atoms. The van der Waals surface area contributed by atoms with Crippen LogP contribution in [0.25, 0.3) is 0 Å². The quantitative estimate of drug-likeness (QED) is 0.369. The summed E-state index contributed by atoms with van der Waals surface area (Å²) in [4.78, 5) is 2.57. The van der Waals surface area contributed by atoms with Crippen molar-refractivity contribution in [1.82, 2.24) is 4.90 Å². The Morgan fingerprint density at radius 3 is 2.43 bits per heavy atom. The minimum atomic E-state index is -0.0939. The molecule has 6 nitrogen and oxygen atoms in total. The van der Waals surface area contributed by atoms with E-state index in [2.05, 4.69) is 35.2 Å². The molecule has 2 saturated carbocycles. The first-order chi connectivity index (χ1) is 18.3. The maximum Gasteiger partial charge on any atom is 0.158 e. The van der Waals surface area contributed by atoms with Crippen LogP contribution in [0.2, 0.25) is 0 Å². The Morgan fingerprint density at radius 2 is 1.70 bits per heavy atom. The van der Waals surface area contributed by atoms with Crippen molar-refractivity contribution in [2.24, 2.45) is 5.92 Å². The van der Waals surface area contributed by atoms with Gasteiger partial charge in [-0.1, -0.05) is 43.5 Å². The summed E-state index contributed by atoms with van der Waals surface area (Å²) in [5.41, 5.74) is 2.76. The van der Waals surface area contributed by atoms with Crippen LogP contribution in [0.1, 0.15) is 81.3 Å². The van der Waals surface area contributed by atoms with E-state index in [0.717, 1.165) is 64.5 Å². The van der Waals surface area contributed by atoms with E-state index in [9.17, 15) is 0 Å². The molecular formula is C31H47NO5. The Hall–Kier alpha value is -1.44. The lowest BCUT2D eigenvalue weighted by atomic mass is 9.84. The molecule has 5 rings (SSSR count). The van der Waals surface area contributed by atoms with Gasteiger partial charge in [0.15, 0.2) is 6.29 Å². The van der Waals surface area contributed by atoms with Gasteiger partial charge < -0.3 is 23.7 Å². The molecular weight excluding hydrogens is 466 g/mol. The second kappa shape index (κ2) is 14.1. The predicted octanol–water partition coefficient (Wildman–Crippen LogP) is 5.80. The SMILES string of the molecule is COC=CC[C@@H]1[C@@H](N2CCOCC2)[C@H](OC2CCCCO2)C[C@@H]1OCc1ccc(C2CCCCC2)cc1. The van der Waals surface area contributed by atoms with E-state index in [-0.39, 0.29) is 24.5 Å². The molecule has 4 fully saturated rings. The topological polar surface area (TPSA) is 49.4 Å². The lowest BCUT2D eigenvalue weighted by Crippen LogP contribution is -2.51. The van der Waals surface area contributed by atoms with Crippen LogP contribution in [0.4, 0.5) is 0 Å². The molecule has 6 heteroatoms. The molecule has 206 valence electrons. The van der Waals surface area contributed by atoms with Gasteiger partial charge in [-0.25, -0.2) is 0 Å². The smallest absolute Gasteiger partial charge is 0.158 e. The molecule has 0 N–H and O–H groups in total. The van der Waals surface area contributed by atoms with Crippen molar-refractivity contribution >= 4 is 0 Å². The van der Waals surface area contributed by atoms with Crippen molar-refractivity contribution in [2.45, 2.75) is 101 Å². The summed E-state index contributed by atoms with van der Waals surface area (Å²) in [5, 5.41) is 0. The summed E-state index contributed by atoms with van der Waals surface area (Å²) in [6.45, 7) is 4.88. The van der Waals surface area contributed by atoms with Crippen LogP contribution in [0.5, 0.6) is 0 Å². The highest BCUT2D eigenvalue weighted by atomic mass is 16.7. The van der Waals surface area contributed by atoms with Crippen LogP contribution >= 0.6 is 0 Å². The molecule has 5 atom stereocenters. The third kappa shape index (κ3) is 7.36. The predicted molar refractivity (Wildman–Crippen MR) is 144 cm³/mol. The van der Waals surface area contributed by atoms with Gasteiger partial charge in [-0.2, -0.15) is 0 Å². The Labute approximate surface area is 223 Å². The van der Waals surface area contributed by atoms with Gasteiger partial charge in [0.2, 0.25) is 0 Å². The number of hydrogen-bond acceptors (Lipinski definition) is 6. The molecule has 1 aromatic carbocycles. The first-order valence-corrected chi connectivity index (χ1v) is 14.8. The van der Waals surface area contributed by atoms with Crippen molar-refractivity contribution < 1.29 is 23.7 Å². The van der Waals surface area contributed by atoms with Crippen LogP contribution in [-0.2, 0) is 30.3 Å². The summed E-state index contributed by atoms with van der Waals surface area (Å²) in [7, 11) is 1.71. The number of morpholine rings is 1. The van der Waals surface area contributed by atoms with E-state index in [1.807, 2.05) is 0 Å². The average molecular weight is 514 g/mol. The fourth-order valence-corrected chi connectivity index (χ4v) is 6.89. The number of benzene rings is 1. The first kappa shape index (κ1) is 27.1. The lowest BCUT2D eigenvalue weighted by Gasteiger charge is -2.39. The number of hydrogen-bond donors (Lipinski definition) is 0. The maximum absolute atomic E-state index is 6.70. The van der Waals surface area contributed by atoms with E-state index in [4.69, 9.17) is 23.7 Å². The molecule has 0 aromatic heterocycles. The lowest BCUT2D eigenvalue weighted by molar-refractivity contribution is -0.200. The van der Waals surface area contributed by atoms with Crippen molar-refractivity contribution in [2.75, 3.05) is 40.0 Å². The molecule has 2 saturated heterocycles. The molecule has 4 aliphatic rings. The second-order valence-electron chi connectivity index (χ2n) is 11.3. The molecule has 1 aromatic rings. The minimum absolute atomic E-state index is 0.0939. The Balaban J connectivity index is 1.27. The summed E-state index contributed by atoms with van der Waals surface area (Å²) >= 11 is 0. The number of allylic oxidation sites excluding steroid dienone is 1. The van der Waals surface area contributed by atoms with Gasteiger partial charge in [-0.05, 0) is 61.6 Å². The van der Waals surface area contributed by atoms with Gasteiger partial charge in [0.25, 0.3) is 0 Å². The van der Waals surface area contributed by atoms with Gasteiger partial charge in [-0.3, -0.25) is 4.90 Å². The van der Waals surface area contributed by atoms with Crippen LogP contribution in [0.15, 0.2) is 36.6 Å². The molecule has 2 aliphatic carbocycles. The van der Waals surface area contributed by atoms with Crippen LogP contribution < -0.4 is 0 Å². The number of nitrogens with zero attached hydrogens (tertiary/aromatic N) is 1. The number of ether oxygens (including phenoxy) is 5. The molecule has 37 heavy (non-hydrogen) atoms. The highest BCUT2D eigenvalue weighted by Crippen LogP contribution is 2.39. The second-order valence-corrected chi connectivity index (χ2v) is 11.3. The normalized spacial score (nSPS) is 32.2. The van der Waals surface area contributed by atoms with E-state index >= 15 is 0 Å². The summed E-state index contributed by atoms with van der Waals surface area (Å²) in [5.74, 6) is 1.07. The average Bonchev–Trinajstić information content (AvgIpc) is 3.30. The van der Waals surface area contributed by atoms with E-state index < -0.39 is 0 Å². The summed E-state index contributed by atoms with van der Waals surface area (Å²) in [6.07, 6.45) is 16.0. The molecule has 2 heterocycles. The number of rotatable bonds is 10. The van der Waals surface area contributed by atoms with Crippen LogP contribution in [-0.4, -0.2) is 69.5 Å². The number of methoxy groups -OCH3 is 1. The van der Waals surface area contributed by atoms with Gasteiger partial charge in [-0.15, -0.1) is 0 Å². The third-order valence-corrected chi connectivity index (χ3v) is 8.85. The maximum atomic E-state index is 6.70. The third-order valence-electron chi connectivity index (χ3n) is 8.85. The van der Waals surface area contributed by atoms with Gasteiger partial charge in [0.1, 0.15) is 0 Å². The van der Waals surface area contributed by atoms with Gasteiger partial charge >= 0.3 is 0 Å².